The second-order valence-electron chi connectivity index (χ2n) is 5.92. The number of amides is 1. The fraction of sp³-hybridized carbons (Fsp3) is 0.923. The molecule has 0 aromatic carbocycles. The molecule has 0 unspecified atom stereocenters. The van der Waals surface area contributed by atoms with Gasteiger partial charge in [-0.25, -0.2) is 13.1 Å². The quantitative estimate of drug-likeness (QED) is 0.682. The Balaban J connectivity index is 1.74. The first kappa shape index (κ1) is 16.7. The van der Waals surface area contributed by atoms with E-state index in [1.165, 1.54) is 6.26 Å². The van der Waals surface area contributed by atoms with E-state index in [9.17, 15) is 13.2 Å². The first-order chi connectivity index (χ1) is 9.94. The zero-order valence-electron chi connectivity index (χ0n) is 12.7. The van der Waals surface area contributed by atoms with E-state index >= 15 is 0 Å². The van der Waals surface area contributed by atoms with Crippen LogP contribution in [0.1, 0.15) is 19.3 Å². The summed E-state index contributed by atoms with van der Waals surface area (Å²) in [6, 6.07) is -0.0357. The molecule has 0 aliphatic carbocycles. The standard InChI is InChI=1S/C13H26N4O3S/c1-21(19,20)15-12-3-8-17(9-4-12)13(18)11-16-7-2-5-14-6-10-16/h12,14-15H,2-11H2,1H3. The van der Waals surface area contributed by atoms with Crippen molar-refractivity contribution in [1.29, 1.82) is 0 Å². The monoisotopic (exact) mass is 318 g/mol. The molecule has 21 heavy (non-hydrogen) atoms. The van der Waals surface area contributed by atoms with Gasteiger partial charge >= 0.3 is 0 Å². The van der Waals surface area contributed by atoms with Crippen LogP contribution in [0, 0.1) is 0 Å². The zero-order valence-corrected chi connectivity index (χ0v) is 13.5. The van der Waals surface area contributed by atoms with Gasteiger partial charge in [0, 0.05) is 32.2 Å². The Kier molecular flexibility index (Phi) is 5.98. The van der Waals surface area contributed by atoms with Gasteiger partial charge in [0.15, 0.2) is 0 Å². The van der Waals surface area contributed by atoms with Crippen LogP contribution in [0.5, 0.6) is 0 Å². The number of carbonyl (C=O) groups excluding carboxylic acids is 1. The maximum Gasteiger partial charge on any atom is 0.236 e. The van der Waals surface area contributed by atoms with E-state index in [4.69, 9.17) is 0 Å². The van der Waals surface area contributed by atoms with Crippen molar-refractivity contribution >= 4 is 15.9 Å². The minimum Gasteiger partial charge on any atom is -0.341 e. The third-order valence-corrected chi connectivity index (χ3v) is 4.78. The molecule has 0 radical (unpaired) electrons. The molecule has 2 aliphatic heterocycles. The van der Waals surface area contributed by atoms with Gasteiger partial charge < -0.3 is 10.2 Å². The summed E-state index contributed by atoms with van der Waals surface area (Å²) in [7, 11) is -3.16. The van der Waals surface area contributed by atoms with E-state index in [0.717, 1.165) is 32.6 Å². The summed E-state index contributed by atoms with van der Waals surface area (Å²) in [5, 5.41) is 3.33. The number of nitrogens with one attached hydrogen (secondary N) is 2. The molecule has 2 N–H and O–H groups in total. The number of hydrogen-bond donors (Lipinski definition) is 2. The highest BCUT2D eigenvalue weighted by Gasteiger charge is 2.25. The number of sulfonamides is 1. The smallest absolute Gasteiger partial charge is 0.236 e. The molecule has 0 spiro atoms. The summed E-state index contributed by atoms with van der Waals surface area (Å²) in [4.78, 5) is 16.4. The molecule has 2 rings (SSSR count). The highest BCUT2D eigenvalue weighted by Crippen LogP contribution is 2.12. The summed E-state index contributed by atoms with van der Waals surface area (Å²) < 4.78 is 25.0. The van der Waals surface area contributed by atoms with Crippen molar-refractivity contribution in [2.24, 2.45) is 0 Å². The Morgan fingerprint density at radius 3 is 2.57 bits per heavy atom. The van der Waals surface area contributed by atoms with Gasteiger partial charge in [-0.3, -0.25) is 9.69 Å². The lowest BCUT2D eigenvalue weighted by molar-refractivity contribution is -0.133. The summed E-state index contributed by atoms with van der Waals surface area (Å²) >= 11 is 0. The molecule has 2 fully saturated rings. The SMILES string of the molecule is CS(=O)(=O)NC1CCN(C(=O)CN2CCCNCC2)CC1. The Labute approximate surface area is 127 Å². The van der Waals surface area contributed by atoms with Crippen molar-refractivity contribution in [1.82, 2.24) is 19.8 Å². The largest absolute Gasteiger partial charge is 0.341 e. The van der Waals surface area contributed by atoms with Gasteiger partial charge in [-0.2, -0.15) is 0 Å². The van der Waals surface area contributed by atoms with Gasteiger partial charge in [-0.15, -0.1) is 0 Å². The lowest BCUT2D eigenvalue weighted by atomic mass is 10.1. The van der Waals surface area contributed by atoms with Crippen molar-refractivity contribution in [3.05, 3.63) is 0 Å². The van der Waals surface area contributed by atoms with E-state index in [0.29, 0.717) is 32.5 Å². The van der Waals surface area contributed by atoms with Crippen LogP contribution >= 0.6 is 0 Å². The van der Waals surface area contributed by atoms with E-state index < -0.39 is 10.0 Å². The normalized spacial score (nSPS) is 23.0. The maximum absolute atomic E-state index is 12.3. The first-order valence-corrected chi connectivity index (χ1v) is 9.51. The van der Waals surface area contributed by atoms with Crippen LogP contribution in [-0.2, 0) is 14.8 Å². The molecule has 122 valence electrons. The van der Waals surface area contributed by atoms with Gasteiger partial charge in [0.05, 0.1) is 12.8 Å². The van der Waals surface area contributed by atoms with Gasteiger partial charge in [0.1, 0.15) is 0 Å². The number of likely N-dealkylation sites (tertiary alicyclic amines) is 1. The fourth-order valence-corrected chi connectivity index (χ4v) is 3.74. The molecule has 0 atom stereocenters. The molecule has 7 nitrogen and oxygen atoms in total. The van der Waals surface area contributed by atoms with Crippen molar-refractivity contribution in [3.63, 3.8) is 0 Å². The Hall–Kier alpha value is -0.700. The highest BCUT2D eigenvalue weighted by atomic mass is 32.2. The number of hydrogen-bond acceptors (Lipinski definition) is 5. The predicted octanol–water partition coefficient (Wildman–Crippen LogP) is -1.18. The third-order valence-electron chi connectivity index (χ3n) is 4.02. The molecule has 1 amide bonds. The average Bonchev–Trinajstić information content (AvgIpc) is 2.66. The number of piperidine rings is 1. The van der Waals surface area contributed by atoms with E-state index in [1.54, 1.807) is 0 Å². The van der Waals surface area contributed by atoms with Gasteiger partial charge in [-0.1, -0.05) is 0 Å². The number of carbonyl (C=O) groups is 1. The van der Waals surface area contributed by atoms with Crippen molar-refractivity contribution in [2.45, 2.75) is 25.3 Å². The molecule has 2 aliphatic rings. The van der Waals surface area contributed by atoms with E-state index in [-0.39, 0.29) is 11.9 Å². The van der Waals surface area contributed by atoms with Crippen LogP contribution in [0.2, 0.25) is 0 Å². The lowest BCUT2D eigenvalue weighted by Crippen LogP contribution is -2.49. The van der Waals surface area contributed by atoms with Gasteiger partial charge in [-0.05, 0) is 32.4 Å². The van der Waals surface area contributed by atoms with Gasteiger partial charge in [0.25, 0.3) is 0 Å². The molecular weight excluding hydrogens is 292 g/mol. The molecule has 0 bridgehead atoms. The van der Waals surface area contributed by atoms with Crippen LogP contribution in [0.25, 0.3) is 0 Å². The summed E-state index contributed by atoms with van der Waals surface area (Å²) in [5.41, 5.74) is 0. The van der Waals surface area contributed by atoms with E-state index in [2.05, 4.69) is 14.9 Å². The van der Waals surface area contributed by atoms with Crippen LogP contribution in [0.4, 0.5) is 0 Å². The number of rotatable bonds is 4. The van der Waals surface area contributed by atoms with E-state index in [1.807, 2.05) is 4.90 Å². The first-order valence-electron chi connectivity index (χ1n) is 7.62. The maximum atomic E-state index is 12.3. The van der Waals surface area contributed by atoms with Crippen LogP contribution in [0.15, 0.2) is 0 Å². The third kappa shape index (κ3) is 5.90. The minimum atomic E-state index is -3.16. The number of nitrogens with zero attached hydrogens (tertiary/aromatic N) is 2. The second kappa shape index (κ2) is 7.53. The summed E-state index contributed by atoms with van der Waals surface area (Å²) in [6.45, 7) is 5.59. The highest BCUT2D eigenvalue weighted by molar-refractivity contribution is 7.88. The van der Waals surface area contributed by atoms with Crippen LogP contribution in [-0.4, -0.2) is 82.2 Å². The molecule has 0 saturated carbocycles. The van der Waals surface area contributed by atoms with Crippen molar-refractivity contribution < 1.29 is 13.2 Å². The second-order valence-corrected chi connectivity index (χ2v) is 7.70. The van der Waals surface area contributed by atoms with Gasteiger partial charge in [0.2, 0.25) is 15.9 Å². The minimum absolute atomic E-state index is 0.0357. The molecular formula is C13H26N4O3S. The molecule has 2 saturated heterocycles. The van der Waals surface area contributed by atoms with Crippen LogP contribution in [0.3, 0.4) is 0 Å². The Morgan fingerprint density at radius 1 is 1.19 bits per heavy atom. The predicted molar refractivity (Wildman–Crippen MR) is 81.5 cm³/mol. The Morgan fingerprint density at radius 2 is 1.90 bits per heavy atom. The topological polar surface area (TPSA) is 81.8 Å². The van der Waals surface area contributed by atoms with Crippen molar-refractivity contribution in [3.8, 4) is 0 Å². The zero-order chi connectivity index (χ0) is 15.3. The molecule has 8 heteroatoms. The molecule has 0 aromatic heterocycles. The van der Waals surface area contributed by atoms with Crippen LogP contribution < -0.4 is 10.0 Å². The Bertz CT molecular complexity index is 438. The van der Waals surface area contributed by atoms with Crippen molar-refractivity contribution in [2.75, 3.05) is 52.1 Å². The fourth-order valence-electron chi connectivity index (χ4n) is 2.90. The molecule has 2 heterocycles. The lowest BCUT2D eigenvalue weighted by Gasteiger charge is -2.33. The molecule has 0 aromatic rings. The average molecular weight is 318 g/mol. The summed E-state index contributed by atoms with van der Waals surface area (Å²) in [6.07, 6.45) is 3.65. The summed E-state index contributed by atoms with van der Waals surface area (Å²) in [5.74, 6) is 0.162.